The average Bonchev–Trinajstić information content (AvgIpc) is 3.09. The van der Waals surface area contributed by atoms with Crippen LogP contribution < -0.4 is 10.5 Å². The number of aromatic nitrogens is 2. The summed E-state index contributed by atoms with van der Waals surface area (Å²) in [6.45, 7) is 3.99. The first-order valence-corrected chi connectivity index (χ1v) is 9.80. The van der Waals surface area contributed by atoms with Crippen molar-refractivity contribution in [3.63, 3.8) is 0 Å². The molecule has 1 unspecified atom stereocenters. The van der Waals surface area contributed by atoms with Gasteiger partial charge in [-0.1, -0.05) is 60.2 Å². The Bertz CT molecular complexity index is 1350. The van der Waals surface area contributed by atoms with Crippen molar-refractivity contribution in [3.05, 3.63) is 101 Å². The first-order chi connectivity index (χ1) is 14.6. The van der Waals surface area contributed by atoms with Crippen LogP contribution in [0.25, 0.3) is 16.5 Å². The molecule has 2 N–H and O–H groups in total. The van der Waals surface area contributed by atoms with Gasteiger partial charge in [-0.2, -0.15) is 10.4 Å². The second kappa shape index (κ2) is 6.78. The maximum absolute atomic E-state index is 9.94. The van der Waals surface area contributed by atoms with Crippen LogP contribution in [0.1, 0.15) is 28.3 Å². The predicted molar refractivity (Wildman–Crippen MR) is 116 cm³/mol. The van der Waals surface area contributed by atoms with Crippen LogP contribution in [0, 0.1) is 25.2 Å². The van der Waals surface area contributed by atoms with E-state index in [4.69, 9.17) is 15.6 Å². The fourth-order valence-corrected chi connectivity index (χ4v) is 4.19. The van der Waals surface area contributed by atoms with Crippen LogP contribution in [0.3, 0.4) is 0 Å². The largest absolute Gasteiger partial charge is 0.422 e. The number of aryl methyl sites for hydroxylation is 2. The zero-order valence-electron chi connectivity index (χ0n) is 16.8. The van der Waals surface area contributed by atoms with Gasteiger partial charge in [0.25, 0.3) is 0 Å². The number of nitrogens with zero attached hydrogens (tertiary/aromatic N) is 3. The number of benzene rings is 3. The van der Waals surface area contributed by atoms with Gasteiger partial charge in [0.15, 0.2) is 0 Å². The molecule has 4 aromatic rings. The summed E-state index contributed by atoms with van der Waals surface area (Å²) in [4.78, 5) is 0. The molecule has 5 nitrogen and oxygen atoms in total. The van der Waals surface area contributed by atoms with Crippen molar-refractivity contribution in [2.45, 2.75) is 19.8 Å². The number of fused-ring (bicyclic) bond motifs is 2. The molecule has 1 aromatic heterocycles. The van der Waals surface area contributed by atoms with Crippen LogP contribution in [0.5, 0.6) is 5.88 Å². The van der Waals surface area contributed by atoms with Crippen molar-refractivity contribution in [2.24, 2.45) is 5.73 Å². The number of allylic oxidation sites excluding steroid dienone is 1. The molecular weight excluding hydrogens is 372 g/mol. The lowest BCUT2D eigenvalue weighted by Crippen LogP contribution is -2.22. The number of hydrogen-bond acceptors (Lipinski definition) is 4. The van der Waals surface area contributed by atoms with Gasteiger partial charge in [0.05, 0.1) is 22.9 Å². The van der Waals surface area contributed by atoms with Gasteiger partial charge in [0.2, 0.25) is 11.8 Å². The van der Waals surface area contributed by atoms with Crippen LogP contribution in [0.4, 0.5) is 0 Å². The summed E-state index contributed by atoms with van der Waals surface area (Å²) in [6.07, 6.45) is 0. The summed E-state index contributed by atoms with van der Waals surface area (Å²) < 4.78 is 7.74. The Hall–Kier alpha value is -4.04. The van der Waals surface area contributed by atoms with Crippen LogP contribution >= 0.6 is 0 Å². The second-order valence-corrected chi connectivity index (χ2v) is 7.54. The van der Waals surface area contributed by atoms with E-state index >= 15 is 0 Å². The van der Waals surface area contributed by atoms with Crippen LogP contribution in [-0.2, 0) is 0 Å². The van der Waals surface area contributed by atoms with E-state index in [0.717, 1.165) is 38.8 Å². The lowest BCUT2D eigenvalue weighted by molar-refractivity contribution is 0.367. The van der Waals surface area contributed by atoms with Gasteiger partial charge < -0.3 is 10.5 Å². The molecule has 5 rings (SSSR count). The van der Waals surface area contributed by atoms with E-state index < -0.39 is 0 Å². The number of rotatable bonds is 2. The molecule has 2 heterocycles. The minimum Gasteiger partial charge on any atom is -0.422 e. The molecule has 30 heavy (non-hydrogen) atoms. The third-order valence-electron chi connectivity index (χ3n) is 5.65. The lowest BCUT2D eigenvalue weighted by Gasteiger charge is -2.25. The van der Waals surface area contributed by atoms with Crippen molar-refractivity contribution in [2.75, 3.05) is 0 Å². The highest BCUT2D eigenvalue weighted by molar-refractivity contribution is 5.87. The lowest BCUT2D eigenvalue weighted by atomic mass is 9.82. The summed E-state index contributed by atoms with van der Waals surface area (Å²) in [5.74, 6) is 0.339. The topological polar surface area (TPSA) is 76.9 Å². The minimum atomic E-state index is -0.343. The molecule has 5 heteroatoms. The number of nitriles is 1. The normalized spacial score (nSPS) is 15.6. The standard InChI is InChI=1S/C25H20N4O/c1-15-10-12-18(13-11-15)29-25-22(16(2)28-29)23(21(14-26)24(27)30-25)20-9-5-7-17-6-3-4-8-19(17)20/h3-13,23H,27H2,1-2H3. The zero-order valence-corrected chi connectivity index (χ0v) is 16.8. The van der Waals surface area contributed by atoms with Crippen LogP contribution in [0.15, 0.2) is 78.2 Å². The number of ether oxygens (including phenoxy) is 1. The van der Waals surface area contributed by atoms with E-state index in [1.807, 2.05) is 56.3 Å². The van der Waals surface area contributed by atoms with Crippen LogP contribution in [-0.4, -0.2) is 9.78 Å². The van der Waals surface area contributed by atoms with Crippen molar-refractivity contribution in [1.29, 1.82) is 5.26 Å². The molecule has 3 aromatic carbocycles. The zero-order chi connectivity index (χ0) is 20.8. The maximum atomic E-state index is 9.94. The Labute approximate surface area is 174 Å². The van der Waals surface area contributed by atoms with E-state index in [1.165, 1.54) is 0 Å². The number of hydrogen-bond donors (Lipinski definition) is 1. The monoisotopic (exact) mass is 392 g/mol. The summed E-state index contributed by atoms with van der Waals surface area (Å²) >= 11 is 0. The fourth-order valence-electron chi connectivity index (χ4n) is 4.19. The van der Waals surface area contributed by atoms with Gasteiger partial charge in [0, 0.05) is 0 Å². The van der Waals surface area contributed by atoms with Crippen molar-refractivity contribution >= 4 is 10.8 Å². The smallest absolute Gasteiger partial charge is 0.229 e. The Balaban J connectivity index is 1.79. The summed E-state index contributed by atoms with van der Waals surface area (Å²) in [6, 6.07) is 24.6. The van der Waals surface area contributed by atoms with Gasteiger partial charge in [-0.05, 0) is 42.3 Å². The highest BCUT2D eigenvalue weighted by Crippen LogP contribution is 2.46. The molecule has 0 amide bonds. The highest BCUT2D eigenvalue weighted by Gasteiger charge is 2.36. The Morgan fingerprint density at radius 2 is 1.73 bits per heavy atom. The van der Waals surface area contributed by atoms with E-state index in [1.54, 1.807) is 4.68 Å². The van der Waals surface area contributed by atoms with E-state index in [2.05, 4.69) is 30.3 Å². The van der Waals surface area contributed by atoms with Gasteiger partial charge in [-0.25, -0.2) is 4.68 Å². The van der Waals surface area contributed by atoms with Crippen molar-refractivity contribution in [3.8, 4) is 17.6 Å². The maximum Gasteiger partial charge on any atom is 0.229 e. The summed E-state index contributed by atoms with van der Waals surface area (Å²) in [7, 11) is 0. The van der Waals surface area contributed by atoms with Gasteiger partial charge in [0.1, 0.15) is 11.6 Å². The Kier molecular flexibility index (Phi) is 4.07. The molecule has 0 saturated heterocycles. The third-order valence-corrected chi connectivity index (χ3v) is 5.65. The molecule has 0 radical (unpaired) electrons. The predicted octanol–water partition coefficient (Wildman–Crippen LogP) is 4.86. The summed E-state index contributed by atoms with van der Waals surface area (Å²) in [5.41, 5.74) is 11.4. The molecule has 1 atom stereocenters. The van der Waals surface area contributed by atoms with Gasteiger partial charge in [-0.3, -0.25) is 0 Å². The molecular formula is C25H20N4O. The quantitative estimate of drug-likeness (QED) is 0.528. The van der Waals surface area contributed by atoms with Crippen LogP contribution in [0.2, 0.25) is 0 Å². The van der Waals surface area contributed by atoms with E-state index in [0.29, 0.717) is 11.5 Å². The van der Waals surface area contributed by atoms with Crippen molar-refractivity contribution in [1.82, 2.24) is 9.78 Å². The summed E-state index contributed by atoms with van der Waals surface area (Å²) in [5, 5.41) is 16.9. The molecule has 0 fully saturated rings. The molecule has 1 aliphatic heterocycles. The molecule has 0 bridgehead atoms. The Morgan fingerprint density at radius 3 is 2.50 bits per heavy atom. The molecule has 0 saturated carbocycles. The van der Waals surface area contributed by atoms with Gasteiger partial charge in [-0.15, -0.1) is 0 Å². The minimum absolute atomic E-state index is 0.121. The second-order valence-electron chi connectivity index (χ2n) is 7.54. The molecule has 0 aliphatic carbocycles. The van der Waals surface area contributed by atoms with E-state index in [9.17, 15) is 5.26 Å². The van der Waals surface area contributed by atoms with Crippen molar-refractivity contribution < 1.29 is 4.74 Å². The molecule has 1 aliphatic rings. The molecule has 0 spiro atoms. The first-order valence-electron chi connectivity index (χ1n) is 9.80. The van der Waals surface area contributed by atoms with E-state index in [-0.39, 0.29) is 11.8 Å². The third kappa shape index (κ3) is 2.66. The Morgan fingerprint density at radius 1 is 1.00 bits per heavy atom. The first kappa shape index (κ1) is 18.0. The number of nitrogens with two attached hydrogens (primary N) is 1. The molecule has 146 valence electrons. The van der Waals surface area contributed by atoms with Gasteiger partial charge >= 0.3 is 0 Å². The SMILES string of the molecule is Cc1ccc(-n2nc(C)c3c2OC(N)=C(C#N)C3c2cccc3ccccc23)cc1. The highest BCUT2D eigenvalue weighted by atomic mass is 16.5. The average molecular weight is 392 g/mol. The fraction of sp³-hybridized carbons (Fsp3) is 0.120.